The molecular weight excluding hydrogens is 218 g/mol. The Kier molecular flexibility index (Phi) is 3.65. The van der Waals surface area contributed by atoms with Gasteiger partial charge in [0.15, 0.2) is 0 Å². The summed E-state index contributed by atoms with van der Waals surface area (Å²) >= 11 is 5.85. The largest absolute Gasteiger partial charge is 0.393 e. The standard InChI is InChI=1S/C9H10ClN3O2/c10-7-5-8(12)9(13(14)15)4-6(7)2-1-3-11/h1-2,4-5H,3,11-12H2. The van der Waals surface area contributed by atoms with E-state index in [1.807, 2.05) is 0 Å². The highest BCUT2D eigenvalue weighted by atomic mass is 35.5. The second-order valence-corrected chi connectivity index (χ2v) is 3.23. The molecule has 0 saturated heterocycles. The first-order valence-electron chi connectivity index (χ1n) is 4.16. The number of hydrogen-bond acceptors (Lipinski definition) is 4. The van der Waals surface area contributed by atoms with Crippen molar-refractivity contribution in [3.05, 3.63) is 38.9 Å². The van der Waals surface area contributed by atoms with Crippen LogP contribution in [0.15, 0.2) is 18.2 Å². The van der Waals surface area contributed by atoms with Crippen LogP contribution in [0.2, 0.25) is 5.02 Å². The van der Waals surface area contributed by atoms with E-state index in [1.165, 1.54) is 12.1 Å². The molecule has 0 fully saturated rings. The Hall–Kier alpha value is -1.59. The maximum atomic E-state index is 10.6. The van der Waals surface area contributed by atoms with Crippen molar-refractivity contribution in [2.75, 3.05) is 12.3 Å². The van der Waals surface area contributed by atoms with E-state index in [-0.39, 0.29) is 11.4 Å². The molecule has 1 aromatic carbocycles. The van der Waals surface area contributed by atoms with Gasteiger partial charge in [-0.15, -0.1) is 0 Å². The summed E-state index contributed by atoms with van der Waals surface area (Å²) in [7, 11) is 0. The number of benzene rings is 1. The average Bonchev–Trinajstić information content (AvgIpc) is 2.16. The van der Waals surface area contributed by atoms with Gasteiger partial charge in [-0.2, -0.15) is 0 Å². The third-order valence-corrected chi connectivity index (χ3v) is 2.10. The Bertz CT molecular complexity index is 418. The first kappa shape index (κ1) is 11.5. The smallest absolute Gasteiger partial charge is 0.292 e. The molecule has 0 unspecified atom stereocenters. The van der Waals surface area contributed by atoms with Gasteiger partial charge in [0.25, 0.3) is 5.69 Å². The van der Waals surface area contributed by atoms with Crippen LogP contribution in [0, 0.1) is 10.1 Å². The number of nitrogens with zero attached hydrogens (tertiary/aromatic N) is 1. The summed E-state index contributed by atoms with van der Waals surface area (Å²) in [6, 6.07) is 2.68. The second kappa shape index (κ2) is 4.77. The van der Waals surface area contributed by atoms with Crippen LogP contribution in [0.4, 0.5) is 11.4 Å². The molecule has 0 heterocycles. The molecule has 15 heavy (non-hydrogen) atoms. The molecule has 4 N–H and O–H groups in total. The van der Waals surface area contributed by atoms with E-state index in [0.717, 1.165) is 0 Å². The quantitative estimate of drug-likeness (QED) is 0.468. The maximum Gasteiger partial charge on any atom is 0.292 e. The Morgan fingerprint density at radius 2 is 2.20 bits per heavy atom. The summed E-state index contributed by atoms with van der Waals surface area (Å²) in [5, 5.41) is 11.0. The Balaban J connectivity index is 3.23. The van der Waals surface area contributed by atoms with Crippen LogP contribution in [0.25, 0.3) is 6.08 Å². The molecule has 0 atom stereocenters. The topological polar surface area (TPSA) is 95.2 Å². The van der Waals surface area contributed by atoms with Gasteiger partial charge in [-0.05, 0) is 11.6 Å². The summed E-state index contributed by atoms with van der Waals surface area (Å²) in [6.07, 6.45) is 3.27. The molecule has 1 aromatic rings. The summed E-state index contributed by atoms with van der Waals surface area (Å²) in [5.74, 6) is 0. The number of rotatable bonds is 3. The third-order valence-electron chi connectivity index (χ3n) is 1.78. The van der Waals surface area contributed by atoms with Gasteiger partial charge in [-0.25, -0.2) is 0 Å². The van der Waals surface area contributed by atoms with Crippen molar-refractivity contribution < 1.29 is 4.92 Å². The molecule has 6 heteroatoms. The monoisotopic (exact) mass is 227 g/mol. The van der Waals surface area contributed by atoms with Crippen LogP contribution in [-0.2, 0) is 0 Å². The highest BCUT2D eigenvalue weighted by molar-refractivity contribution is 6.32. The molecule has 0 radical (unpaired) electrons. The predicted molar refractivity (Wildman–Crippen MR) is 60.6 cm³/mol. The Morgan fingerprint density at radius 1 is 1.53 bits per heavy atom. The lowest BCUT2D eigenvalue weighted by molar-refractivity contribution is -0.383. The minimum atomic E-state index is -0.550. The number of nitro benzene ring substituents is 1. The zero-order valence-electron chi connectivity index (χ0n) is 7.81. The average molecular weight is 228 g/mol. The fourth-order valence-corrected chi connectivity index (χ4v) is 1.31. The Labute approximate surface area is 91.5 Å². The molecule has 0 aliphatic heterocycles. The predicted octanol–water partition coefficient (Wildman–Crippen LogP) is 1.80. The zero-order chi connectivity index (χ0) is 11.4. The van der Waals surface area contributed by atoms with Gasteiger partial charge in [0.1, 0.15) is 5.69 Å². The minimum Gasteiger partial charge on any atom is -0.393 e. The SMILES string of the molecule is NCC=Cc1cc([N+](=O)[O-])c(N)cc1Cl. The highest BCUT2D eigenvalue weighted by Gasteiger charge is 2.13. The molecule has 0 bridgehead atoms. The fraction of sp³-hybridized carbons (Fsp3) is 0.111. The van der Waals surface area contributed by atoms with Gasteiger partial charge in [0, 0.05) is 12.6 Å². The number of halogens is 1. The van der Waals surface area contributed by atoms with Crippen LogP contribution in [0.3, 0.4) is 0 Å². The van der Waals surface area contributed by atoms with E-state index in [0.29, 0.717) is 17.1 Å². The van der Waals surface area contributed by atoms with Crippen LogP contribution in [-0.4, -0.2) is 11.5 Å². The molecule has 1 rings (SSSR count). The zero-order valence-corrected chi connectivity index (χ0v) is 8.57. The number of nitrogen functional groups attached to an aromatic ring is 1. The lowest BCUT2D eigenvalue weighted by Crippen LogP contribution is -1.97. The van der Waals surface area contributed by atoms with Crippen molar-refractivity contribution in [3.8, 4) is 0 Å². The van der Waals surface area contributed by atoms with Crippen LogP contribution < -0.4 is 11.5 Å². The van der Waals surface area contributed by atoms with Crippen molar-refractivity contribution in [2.45, 2.75) is 0 Å². The van der Waals surface area contributed by atoms with Crippen LogP contribution in [0.1, 0.15) is 5.56 Å². The molecule has 80 valence electrons. The number of nitro groups is 1. The first-order valence-corrected chi connectivity index (χ1v) is 4.54. The molecule has 5 nitrogen and oxygen atoms in total. The second-order valence-electron chi connectivity index (χ2n) is 2.83. The maximum absolute atomic E-state index is 10.6. The van der Waals surface area contributed by atoms with E-state index >= 15 is 0 Å². The van der Waals surface area contributed by atoms with Crippen molar-refractivity contribution >= 4 is 29.1 Å². The van der Waals surface area contributed by atoms with Gasteiger partial charge in [0.05, 0.1) is 9.95 Å². The first-order chi connectivity index (χ1) is 7.06. The van der Waals surface area contributed by atoms with Gasteiger partial charge < -0.3 is 11.5 Å². The van der Waals surface area contributed by atoms with Gasteiger partial charge in [-0.1, -0.05) is 23.8 Å². The third kappa shape index (κ3) is 2.68. The number of anilines is 1. The van der Waals surface area contributed by atoms with E-state index in [9.17, 15) is 10.1 Å². The van der Waals surface area contributed by atoms with Crippen molar-refractivity contribution in [3.63, 3.8) is 0 Å². The molecule has 0 saturated carbocycles. The van der Waals surface area contributed by atoms with E-state index in [2.05, 4.69) is 0 Å². The van der Waals surface area contributed by atoms with E-state index in [1.54, 1.807) is 12.2 Å². The summed E-state index contributed by atoms with van der Waals surface area (Å²) < 4.78 is 0. The van der Waals surface area contributed by atoms with Crippen LogP contribution in [0.5, 0.6) is 0 Å². The van der Waals surface area contributed by atoms with Gasteiger partial charge in [0.2, 0.25) is 0 Å². The summed E-state index contributed by atoms with van der Waals surface area (Å²) in [6.45, 7) is 0.342. The number of nitrogens with two attached hydrogens (primary N) is 2. The summed E-state index contributed by atoms with van der Waals surface area (Å²) in [5.41, 5.74) is 11.1. The lowest BCUT2D eigenvalue weighted by Gasteiger charge is -2.01. The molecule has 0 aliphatic carbocycles. The van der Waals surface area contributed by atoms with Gasteiger partial charge in [-0.3, -0.25) is 10.1 Å². The van der Waals surface area contributed by atoms with Crippen LogP contribution >= 0.6 is 11.6 Å². The molecular formula is C9H10ClN3O2. The Morgan fingerprint density at radius 3 is 2.73 bits per heavy atom. The van der Waals surface area contributed by atoms with E-state index in [4.69, 9.17) is 23.1 Å². The lowest BCUT2D eigenvalue weighted by atomic mass is 10.1. The normalized spacial score (nSPS) is 10.8. The van der Waals surface area contributed by atoms with Crippen molar-refractivity contribution in [2.24, 2.45) is 5.73 Å². The van der Waals surface area contributed by atoms with Gasteiger partial charge >= 0.3 is 0 Å². The van der Waals surface area contributed by atoms with Crippen molar-refractivity contribution in [1.82, 2.24) is 0 Å². The molecule has 0 amide bonds. The molecule has 0 spiro atoms. The van der Waals surface area contributed by atoms with E-state index < -0.39 is 4.92 Å². The molecule has 0 aromatic heterocycles. The molecule has 0 aliphatic rings. The minimum absolute atomic E-state index is 0.0508. The van der Waals surface area contributed by atoms with Crippen molar-refractivity contribution in [1.29, 1.82) is 0 Å². The summed E-state index contributed by atoms with van der Waals surface area (Å²) in [4.78, 5) is 10.0. The highest BCUT2D eigenvalue weighted by Crippen LogP contribution is 2.29. The fourth-order valence-electron chi connectivity index (χ4n) is 1.07. The number of hydrogen-bond donors (Lipinski definition) is 2.